The quantitative estimate of drug-likeness (QED) is 0.847. The molecule has 0 amide bonds. The van der Waals surface area contributed by atoms with Gasteiger partial charge in [0.2, 0.25) is 0 Å². The Morgan fingerprint density at radius 2 is 1.90 bits per heavy atom. The van der Waals surface area contributed by atoms with Crippen LogP contribution in [0.1, 0.15) is 25.8 Å². The molecule has 0 radical (unpaired) electrons. The van der Waals surface area contributed by atoms with Crippen LogP contribution in [0, 0.1) is 0 Å². The summed E-state index contributed by atoms with van der Waals surface area (Å²) in [5.74, 6) is 0.918. The first-order valence-corrected chi connectivity index (χ1v) is 7.57. The van der Waals surface area contributed by atoms with Crippen molar-refractivity contribution in [3.05, 3.63) is 42.0 Å². The predicted octanol–water partition coefficient (Wildman–Crippen LogP) is 3.53. The van der Waals surface area contributed by atoms with E-state index in [1.165, 1.54) is 16.3 Å². The fourth-order valence-corrected chi connectivity index (χ4v) is 2.34. The van der Waals surface area contributed by atoms with Gasteiger partial charge in [0.15, 0.2) is 0 Å². The molecule has 2 aromatic carbocycles. The predicted molar refractivity (Wildman–Crippen MR) is 87.9 cm³/mol. The van der Waals surface area contributed by atoms with Crippen LogP contribution in [0.15, 0.2) is 36.4 Å². The van der Waals surface area contributed by atoms with Gasteiger partial charge >= 0.3 is 0 Å². The third-order valence-corrected chi connectivity index (χ3v) is 3.86. The number of ether oxygens (including phenoxy) is 2. The second kappa shape index (κ2) is 7.43. The van der Waals surface area contributed by atoms with E-state index < -0.39 is 0 Å². The number of hydrogen-bond acceptors (Lipinski definition) is 3. The number of nitrogens with two attached hydrogens (primary N) is 1. The maximum atomic E-state index is 6.17. The van der Waals surface area contributed by atoms with E-state index in [0.717, 1.165) is 18.6 Å². The lowest BCUT2D eigenvalue weighted by molar-refractivity contribution is 0.0713. The van der Waals surface area contributed by atoms with Crippen molar-refractivity contribution in [3.63, 3.8) is 0 Å². The highest BCUT2D eigenvalue weighted by Gasteiger charge is 2.13. The summed E-state index contributed by atoms with van der Waals surface area (Å²) < 4.78 is 11.2. The van der Waals surface area contributed by atoms with Gasteiger partial charge < -0.3 is 15.2 Å². The van der Waals surface area contributed by atoms with E-state index in [1.807, 2.05) is 13.0 Å². The monoisotopic (exact) mass is 287 g/mol. The molecule has 0 fully saturated rings. The van der Waals surface area contributed by atoms with Crippen LogP contribution in [0.25, 0.3) is 10.8 Å². The summed E-state index contributed by atoms with van der Waals surface area (Å²) in [5, 5.41) is 2.45. The fourth-order valence-electron chi connectivity index (χ4n) is 2.34. The topological polar surface area (TPSA) is 44.5 Å². The minimum Gasteiger partial charge on any atom is -0.491 e. The molecule has 114 valence electrons. The third kappa shape index (κ3) is 3.96. The number of methoxy groups -OCH3 is 1. The van der Waals surface area contributed by atoms with Crippen LogP contribution >= 0.6 is 0 Å². The number of rotatable bonds is 7. The molecule has 0 saturated carbocycles. The van der Waals surface area contributed by atoms with Gasteiger partial charge in [-0.3, -0.25) is 0 Å². The van der Waals surface area contributed by atoms with Crippen LogP contribution in [-0.4, -0.2) is 25.9 Å². The van der Waals surface area contributed by atoms with Crippen LogP contribution < -0.4 is 10.5 Å². The maximum absolute atomic E-state index is 6.17. The van der Waals surface area contributed by atoms with E-state index in [4.69, 9.17) is 15.2 Å². The first-order valence-electron chi connectivity index (χ1n) is 7.57. The molecule has 21 heavy (non-hydrogen) atoms. The second-order valence-electron chi connectivity index (χ2n) is 5.49. The smallest absolute Gasteiger partial charge is 0.123 e. The zero-order valence-corrected chi connectivity index (χ0v) is 13.1. The molecule has 2 N–H and O–H groups in total. The van der Waals surface area contributed by atoms with E-state index in [2.05, 4.69) is 37.3 Å². The van der Waals surface area contributed by atoms with Gasteiger partial charge in [-0.2, -0.15) is 0 Å². The minimum atomic E-state index is 0.0733. The maximum Gasteiger partial charge on any atom is 0.123 e. The largest absolute Gasteiger partial charge is 0.491 e. The SMILES string of the molecule is CCC(N)Cc1c(OCC(C)OC)ccc2ccccc12. The Hall–Kier alpha value is -1.58. The first kappa shape index (κ1) is 15.8. The van der Waals surface area contributed by atoms with Crippen molar-refractivity contribution in [2.24, 2.45) is 5.73 Å². The molecule has 2 aromatic rings. The lowest BCUT2D eigenvalue weighted by atomic mass is 9.97. The second-order valence-corrected chi connectivity index (χ2v) is 5.49. The Labute approximate surface area is 127 Å². The van der Waals surface area contributed by atoms with Gasteiger partial charge in [0, 0.05) is 18.7 Å². The normalized spacial score (nSPS) is 14.1. The van der Waals surface area contributed by atoms with Gasteiger partial charge in [0.05, 0.1) is 6.10 Å². The van der Waals surface area contributed by atoms with Crippen molar-refractivity contribution in [2.75, 3.05) is 13.7 Å². The van der Waals surface area contributed by atoms with Crippen molar-refractivity contribution >= 4 is 10.8 Å². The Balaban J connectivity index is 2.36. The zero-order valence-electron chi connectivity index (χ0n) is 13.1. The van der Waals surface area contributed by atoms with E-state index in [0.29, 0.717) is 6.61 Å². The Bertz CT molecular complexity index is 582. The summed E-state index contributed by atoms with van der Waals surface area (Å²) >= 11 is 0. The molecule has 2 atom stereocenters. The summed E-state index contributed by atoms with van der Waals surface area (Å²) in [6, 6.07) is 12.7. The summed E-state index contributed by atoms with van der Waals surface area (Å²) in [4.78, 5) is 0. The van der Waals surface area contributed by atoms with Crippen molar-refractivity contribution in [1.29, 1.82) is 0 Å². The minimum absolute atomic E-state index is 0.0733. The van der Waals surface area contributed by atoms with E-state index in [9.17, 15) is 0 Å². The molecule has 2 rings (SSSR count). The third-order valence-electron chi connectivity index (χ3n) is 3.86. The molecular weight excluding hydrogens is 262 g/mol. The van der Waals surface area contributed by atoms with E-state index >= 15 is 0 Å². The van der Waals surface area contributed by atoms with Crippen molar-refractivity contribution < 1.29 is 9.47 Å². The van der Waals surface area contributed by atoms with Crippen molar-refractivity contribution in [1.82, 2.24) is 0 Å². The first-order chi connectivity index (χ1) is 10.2. The summed E-state index contributed by atoms with van der Waals surface area (Å²) in [6.07, 6.45) is 1.86. The standard InChI is InChI=1S/C18H25NO2/c1-4-15(19)11-17-16-8-6-5-7-14(16)9-10-18(17)21-12-13(2)20-3/h5-10,13,15H,4,11-12,19H2,1-3H3. The lowest BCUT2D eigenvalue weighted by Gasteiger charge is -2.18. The molecule has 2 unspecified atom stereocenters. The number of benzene rings is 2. The Morgan fingerprint density at radius 3 is 2.62 bits per heavy atom. The molecule has 3 nitrogen and oxygen atoms in total. The fraction of sp³-hybridized carbons (Fsp3) is 0.444. The van der Waals surface area contributed by atoms with Gasteiger partial charge in [0.25, 0.3) is 0 Å². The van der Waals surface area contributed by atoms with Crippen LogP contribution in [0.3, 0.4) is 0 Å². The van der Waals surface area contributed by atoms with E-state index in [1.54, 1.807) is 7.11 Å². The molecular formula is C18H25NO2. The number of fused-ring (bicyclic) bond motifs is 1. The van der Waals surface area contributed by atoms with Gasteiger partial charge in [0.1, 0.15) is 12.4 Å². The Morgan fingerprint density at radius 1 is 1.14 bits per heavy atom. The molecule has 0 aliphatic carbocycles. The summed E-state index contributed by atoms with van der Waals surface area (Å²) in [7, 11) is 1.70. The van der Waals surface area contributed by atoms with Crippen LogP contribution in [-0.2, 0) is 11.2 Å². The highest BCUT2D eigenvalue weighted by molar-refractivity contribution is 5.87. The average Bonchev–Trinajstić information content (AvgIpc) is 2.53. The summed E-state index contributed by atoms with van der Waals surface area (Å²) in [5.41, 5.74) is 7.37. The van der Waals surface area contributed by atoms with Gasteiger partial charge in [-0.25, -0.2) is 0 Å². The number of hydrogen-bond donors (Lipinski definition) is 1. The lowest BCUT2D eigenvalue weighted by Crippen LogP contribution is -2.22. The Kier molecular flexibility index (Phi) is 5.59. The van der Waals surface area contributed by atoms with E-state index in [-0.39, 0.29) is 12.1 Å². The van der Waals surface area contributed by atoms with Crippen molar-refractivity contribution in [2.45, 2.75) is 38.8 Å². The average molecular weight is 287 g/mol. The molecule has 0 saturated heterocycles. The highest BCUT2D eigenvalue weighted by Crippen LogP contribution is 2.29. The van der Waals surface area contributed by atoms with Crippen molar-refractivity contribution in [3.8, 4) is 5.75 Å². The molecule has 0 aliphatic rings. The van der Waals surface area contributed by atoms with Gasteiger partial charge in [-0.15, -0.1) is 0 Å². The molecule has 3 heteroatoms. The van der Waals surface area contributed by atoms with Crippen LogP contribution in [0.5, 0.6) is 5.75 Å². The molecule has 0 heterocycles. The van der Waals surface area contributed by atoms with Gasteiger partial charge in [-0.05, 0) is 36.6 Å². The zero-order chi connectivity index (χ0) is 15.2. The summed E-state index contributed by atoms with van der Waals surface area (Å²) in [6.45, 7) is 4.66. The molecule has 0 aromatic heterocycles. The van der Waals surface area contributed by atoms with Crippen LogP contribution in [0.4, 0.5) is 0 Å². The highest BCUT2D eigenvalue weighted by atomic mass is 16.5. The molecule has 0 bridgehead atoms. The van der Waals surface area contributed by atoms with Crippen LogP contribution in [0.2, 0.25) is 0 Å². The molecule has 0 spiro atoms. The molecule has 0 aliphatic heterocycles. The van der Waals surface area contributed by atoms with Gasteiger partial charge in [-0.1, -0.05) is 37.3 Å².